The number of rotatable bonds is 6. The number of aromatic nitrogens is 2. The second kappa shape index (κ2) is 7.39. The van der Waals surface area contributed by atoms with Gasteiger partial charge in [-0.25, -0.2) is 12.7 Å². The molecule has 0 radical (unpaired) electrons. The van der Waals surface area contributed by atoms with E-state index in [0.717, 1.165) is 0 Å². The lowest BCUT2D eigenvalue weighted by Crippen LogP contribution is -2.41. The van der Waals surface area contributed by atoms with E-state index in [0.29, 0.717) is 31.8 Å². The molecule has 1 aliphatic rings. The highest BCUT2D eigenvalue weighted by Gasteiger charge is 2.31. The van der Waals surface area contributed by atoms with Crippen molar-refractivity contribution in [2.45, 2.75) is 46.1 Å². The van der Waals surface area contributed by atoms with E-state index in [4.69, 9.17) is 9.26 Å². The summed E-state index contributed by atoms with van der Waals surface area (Å²) in [5.41, 5.74) is 0. The summed E-state index contributed by atoms with van der Waals surface area (Å²) >= 11 is 0. The van der Waals surface area contributed by atoms with E-state index in [1.165, 1.54) is 4.31 Å². The van der Waals surface area contributed by atoms with Crippen LogP contribution in [0.5, 0.6) is 0 Å². The maximum Gasteiger partial charge on any atom is 0.309 e. The van der Waals surface area contributed by atoms with Gasteiger partial charge in [-0.05, 0) is 19.8 Å². The number of esters is 1. The Kier molecular flexibility index (Phi) is 5.74. The van der Waals surface area contributed by atoms with Gasteiger partial charge in [-0.1, -0.05) is 19.0 Å². The Hall–Kier alpha value is -1.48. The summed E-state index contributed by atoms with van der Waals surface area (Å²) in [4.78, 5) is 16.2. The zero-order valence-electron chi connectivity index (χ0n) is 13.7. The molecule has 0 aliphatic carbocycles. The fourth-order valence-corrected chi connectivity index (χ4v) is 3.50. The van der Waals surface area contributed by atoms with Crippen LogP contribution in [0.3, 0.4) is 0 Å². The fourth-order valence-electron chi connectivity index (χ4n) is 2.36. The van der Waals surface area contributed by atoms with Gasteiger partial charge in [0.15, 0.2) is 12.4 Å². The molecule has 8 nitrogen and oxygen atoms in total. The van der Waals surface area contributed by atoms with E-state index in [1.54, 1.807) is 6.92 Å². The Bertz CT molecular complexity index is 633. The van der Waals surface area contributed by atoms with Crippen LogP contribution in [0.4, 0.5) is 0 Å². The quantitative estimate of drug-likeness (QED) is 0.716. The average Bonchev–Trinajstić information content (AvgIpc) is 3.02. The molecule has 0 saturated carbocycles. The maximum absolute atomic E-state index is 12.1. The van der Waals surface area contributed by atoms with Crippen molar-refractivity contribution < 1.29 is 22.5 Å². The van der Waals surface area contributed by atoms with Crippen molar-refractivity contribution >= 4 is 16.0 Å². The molecule has 0 atom stereocenters. The van der Waals surface area contributed by atoms with E-state index in [-0.39, 0.29) is 36.1 Å². The van der Waals surface area contributed by atoms with Gasteiger partial charge in [0, 0.05) is 19.0 Å². The number of carbonyl (C=O) groups is 1. The summed E-state index contributed by atoms with van der Waals surface area (Å²) in [5, 5.41) is 3.80. The molecule has 0 spiro atoms. The van der Waals surface area contributed by atoms with Gasteiger partial charge >= 0.3 is 5.97 Å². The number of hydrogen-bond donors (Lipinski definition) is 0. The molecule has 1 fully saturated rings. The number of piperidine rings is 1. The minimum Gasteiger partial charge on any atom is -0.455 e. The zero-order valence-corrected chi connectivity index (χ0v) is 14.5. The largest absolute Gasteiger partial charge is 0.455 e. The number of ether oxygens (including phenoxy) is 1. The highest BCUT2D eigenvalue weighted by Crippen LogP contribution is 2.21. The highest BCUT2D eigenvalue weighted by atomic mass is 32.2. The first-order valence-corrected chi connectivity index (χ1v) is 9.41. The summed E-state index contributed by atoms with van der Waals surface area (Å²) in [6.07, 6.45) is 0.943. The van der Waals surface area contributed by atoms with Crippen molar-refractivity contribution in [3.63, 3.8) is 0 Å². The van der Waals surface area contributed by atoms with Crippen molar-refractivity contribution in [2.75, 3.05) is 18.8 Å². The Balaban J connectivity index is 1.81. The molecule has 0 amide bonds. The van der Waals surface area contributed by atoms with Gasteiger partial charge < -0.3 is 9.26 Å². The lowest BCUT2D eigenvalue weighted by molar-refractivity contribution is -0.152. The summed E-state index contributed by atoms with van der Waals surface area (Å²) in [6.45, 7) is 6.16. The van der Waals surface area contributed by atoms with Crippen LogP contribution in [0.2, 0.25) is 0 Å². The van der Waals surface area contributed by atoms with Crippen molar-refractivity contribution in [3.8, 4) is 0 Å². The minimum atomic E-state index is -3.18. The predicted octanol–water partition coefficient (Wildman–Crippen LogP) is 1.30. The molecule has 130 valence electrons. The monoisotopic (exact) mass is 345 g/mol. The molecular formula is C14H23N3O5S. The molecule has 0 aromatic carbocycles. The third kappa shape index (κ3) is 4.51. The van der Waals surface area contributed by atoms with Gasteiger partial charge in [-0.15, -0.1) is 0 Å². The highest BCUT2D eigenvalue weighted by molar-refractivity contribution is 7.89. The third-order valence-electron chi connectivity index (χ3n) is 3.88. The van der Waals surface area contributed by atoms with E-state index in [2.05, 4.69) is 10.1 Å². The molecule has 1 saturated heterocycles. The summed E-state index contributed by atoms with van der Waals surface area (Å²) in [5.74, 6) is 0.445. The van der Waals surface area contributed by atoms with Crippen LogP contribution in [0.25, 0.3) is 0 Å². The SMILES string of the molecule is CCS(=O)(=O)N1CCC(C(=O)OCc2nc(C(C)C)no2)CC1. The van der Waals surface area contributed by atoms with Crippen LogP contribution in [-0.2, 0) is 26.2 Å². The average molecular weight is 345 g/mol. The number of sulfonamides is 1. The fraction of sp³-hybridized carbons (Fsp3) is 0.786. The molecule has 0 N–H and O–H groups in total. The van der Waals surface area contributed by atoms with Crippen LogP contribution in [0.15, 0.2) is 4.52 Å². The van der Waals surface area contributed by atoms with E-state index in [1.807, 2.05) is 13.8 Å². The lowest BCUT2D eigenvalue weighted by Gasteiger charge is -2.29. The molecule has 2 heterocycles. The standard InChI is InChI=1S/C14H23N3O5S/c1-4-23(19,20)17-7-5-11(6-8-17)14(18)21-9-12-15-13(10(2)3)16-22-12/h10-11H,4-9H2,1-3H3. The maximum atomic E-state index is 12.1. The summed E-state index contributed by atoms with van der Waals surface area (Å²) in [7, 11) is -3.18. The van der Waals surface area contributed by atoms with Gasteiger partial charge in [0.1, 0.15) is 0 Å². The smallest absolute Gasteiger partial charge is 0.309 e. The van der Waals surface area contributed by atoms with Crippen LogP contribution >= 0.6 is 0 Å². The predicted molar refractivity (Wildman–Crippen MR) is 81.9 cm³/mol. The van der Waals surface area contributed by atoms with E-state index < -0.39 is 10.0 Å². The second-order valence-corrected chi connectivity index (χ2v) is 8.14. The van der Waals surface area contributed by atoms with Gasteiger partial charge in [-0.2, -0.15) is 4.98 Å². The topological polar surface area (TPSA) is 103 Å². The molecule has 0 unspecified atom stereocenters. The second-order valence-electron chi connectivity index (χ2n) is 5.88. The Morgan fingerprint density at radius 1 is 1.39 bits per heavy atom. The van der Waals surface area contributed by atoms with Gasteiger partial charge in [0.25, 0.3) is 5.89 Å². The molecule has 2 rings (SSSR count). The Morgan fingerprint density at radius 2 is 2.04 bits per heavy atom. The van der Waals surface area contributed by atoms with Gasteiger partial charge in [0.2, 0.25) is 10.0 Å². The first-order chi connectivity index (χ1) is 10.8. The first-order valence-electron chi connectivity index (χ1n) is 7.80. The molecule has 23 heavy (non-hydrogen) atoms. The van der Waals surface area contributed by atoms with Gasteiger partial charge in [-0.3, -0.25) is 4.79 Å². The molecule has 9 heteroatoms. The molecule has 1 aliphatic heterocycles. The molecule has 0 bridgehead atoms. The van der Waals surface area contributed by atoms with Gasteiger partial charge in [0.05, 0.1) is 11.7 Å². The Labute approximate surface area is 136 Å². The summed E-state index contributed by atoms with van der Waals surface area (Å²) in [6, 6.07) is 0. The first kappa shape index (κ1) is 17.9. The summed E-state index contributed by atoms with van der Waals surface area (Å²) < 4.78 is 35.2. The van der Waals surface area contributed by atoms with Crippen LogP contribution in [0, 0.1) is 5.92 Å². The zero-order chi connectivity index (χ0) is 17.0. The van der Waals surface area contributed by atoms with Crippen LogP contribution in [0.1, 0.15) is 51.2 Å². The minimum absolute atomic E-state index is 0.0496. The molecular weight excluding hydrogens is 322 g/mol. The molecule has 1 aromatic heterocycles. The van der Waals surface area contributed by atoms with Crippen molar-refractivity contribution in [1.82, 2.24) is 14.4 Å². The Morgan fingerprint density at radius 3 is 2.57 bits per heavy atom. The van der Waals surface area contributed by atoms with Crippen LogP contribution in [-0.4, -0.2) is 47.7 Å². The lowest BCUT2D eigenvalue weighted by atomic mass is 9.98. The normalized spacial score (nSPS) is 17.6. The van der Waals surface area contributed by atoms with E-state index >= 15 is 0 Å². The number of nitrogens with zero attached hydrogens (tertiary/aromatic N) is 3. The van der Waals surface area contributed by atoms with Crippen molar-refractivity contribution in [2.24, 2.45) is 5.92 Å². The third-order valence-corrected chi connectivity index (χ3v) is 5.77. The molecule has 1 aromatic rings. The number of carbonyl (C=O) groups excluding carboxylic acids is 1. The van der Waals surface area contributed by atoms with Crippen molar-refractivity contribution in [3.05, 3.63) is 11.7 Å². The number of hydrogen-bond acceptors (Lipinski definition) is 7. The van der Waals surface area contributed by atoms with E-state index in [9.17, 15) is 13.2 Å². The van der Waals surface area contributed by atoms with Crippen LogP contribution < -0.4 is 0 Å². The van der Waals surface area contributed by atoms with Crippen molar-refractivity contribution in [1.29, 1.82) is 0 Å².